The second kappa shape index (κ2) is 10.7. The molecule has 2 heterocycles. The van der Waals surface area contributed by atoms with Crippen LogP contribution in [0.1, 0.15) is 27.5 Å². The number of aromatic nitrogens is 1. The van der Waals surface area contributed by atoms with Gasteiger partial charge in [-0.3, -0.25) is 14.6 Å². The van der Waals surface area contributed by atoms with Crippen molar-refractivity contribution in [2.24, 2.45) is 0 Å². The maximum Gasteiger partial charge on any atom is 0.277 e. The van der Waals surface area contributed by atoms with Crippen LogP contribution in [0.3, 0.4) is 0 Å². The lowest BCUT2D eigenvalue weighted by atomic mass is 10.1. The van der Waals surface area contributed by atoms with Crippen molar-refractivity contribution in [3.05, 3.63) is 71.2 Å². The molecule has 1 N–H and O–H groups in total. The zero-order valence-corrected chi connectivity index (χ0v) is 19.6. The summed E-state index contributed by atoms with van der Waals surface area (Å²) in [6.45, 7) is 6.61. The van der Waals surface area contributed by atoms with Crippen molar-refractivity contribution in [1.82, 2.24) is 14.8 Å². The number of nitrogens with one attached hydrogen (secondary N) is 1. The number of carbonyl (C=O) groups is 1. The minimum Gasteiger partial charge on any atom is -0.497 e. The molecule has 34 heavy (non-hydrogen) atoms. The summed E-state index contributed by atoms with van der Waals surface area (Å²) in [5, 5.41) is 2.55. The van der Waals surface area contributed by atoms with Crippen molar-refractivity contribution in [1.29, 1.82) is 0 Å². The molecule has 0 aliphatic carbocycles. The zero-order chi connectivity index (χ0) is 24.1. The molecule has 9 heteroatoms. The number of piperazine rings is 1. The molecule has 3 aromatic rings. The Hall–Kier alpha value is -3.43. The van der Waals surface area contributed by atoms with E-state index < -0.39 is 11.7 Å². The third kappa shape index (κ3) is 5.92. The number of carbonyl (C=O) groups excluding carboxylic acids is 1. The van der Waals surface area contributed by atoms with Crippen molar-refractivity contribution in [2.75, 3.05) is 45.7 Å². The molecule has 1 aromatic heterocycles. The van der Waals surface area contributed by atoms with Gasteiger partial charge in [0.25, 0.3) is 5.91 Å². The van der Waals surface area contributed by atoms with E-state index in [1.807, 2.05) is 25.1 Å². The van der Waals surface area contributed by atoms with Gasteiger partial charge in [0.15, 0.2) is 5.69 Å². The highest BCUT2D eigenvalue weighted by Gasteiger charge is 2.21. The number of aryl methyl sites for hydroxylation is 1. The first kappa shape index (κ1) is 23.7. The van der Waals surface area contributed by atoms with Crippen LogP contribution in [0.25, 0.3) is 0 Å². The average molecular weight is 469 g/mol. The van der Waals surface area contributed by atoms with Gasteiger partial charge in [-0.15, -0.1) is 0 Å². The number of benzene rings is 2. The normalized spacial score (nSPS) is 14.7. The first-order chi connectivity index (χ1) is 16.4. The lowest BCUT2D eigenvalue weighted by molar-refractivity contribution is 0.102. The molecule has 0 bridgehead atoms. The van der Waals surface area contributed by atoms with E-state index in [2.05, 4.69) is 20.1 Å². The van der Waals surface area contributed by atoms with Crippen molar-refractivity contribution in [2.45, 2.75) is 20.0 Å². The van der Waals surface area contributed by atoms with Crippen LogP contribution in [0.5, 0.6) is 11.5 Å². The minimum absolute atomic E-state index is 0.124. The Balaban J connectivity index is 1.29. The van der Waals surface area contributed by atoms with Gasteiger partial charge in [0.1, 0.15) is 23.6 Å². The van der Waals surface area contributed by atoms with Crippen molar-refractivity contribution in [3.63, 3.8) is 0 Å². The lowest BCUT2D eigenvalue weighted by Crippen LogP contribution is -2.45. The van der Waals surface area contributed by atoms with Crippen LogP contribution in [0.15, 0.2) is 47.1 Å². The Kier molecular flexibility index (Phi) is 7.44. The summed E-state index contributed by atoms with van der Waals surface area (Å²) in [6, 6.07) is 10.5. The lowest BCUT2D eigenvalue weighted by Gasteiger charge is -2.34. The quantitative estimate of drug-likeness (QED) is 0.540. The Labute approximate surface area is 198 Å². The SMILES string of the molecule is COc1cc(CN2CCN(Cc3nc(C(=O)Nc4cc(C)ccc4F)co3)CC2)cc(OC)c1. The summed E-state index contributed by atoms with van der Waals surface area (Å²) in [6.07, 6.45) is 1.31. The van der Waals surface area contributed by atoms with Crippen LogP contribution in [0.4, 0.5) is 10.1 Å². The second-order valence-corrected chi connectivity index (χ2v) is 8.34. The molecule has 0 unspecified atom stereocenters. The molecule has 4 rings (SSSR count). The molecule has 0 atom stereocenters. The van der Waals surface area contributed by atoms with Gasteiger partial charge in [-0.2, -0.15) is 0 Å². The van der Waals surface area contributed by atoms with Crippen LogP contribution in [0.2, 0.25) is 0 Å². The molecule has 1 aliphatic rings. The van der Waals surface area contributed by atoms with Crippen molar-refractivity contribution >= 4 is 11.6 Å². The first-order valence-electron chi connectivity index (χ1n) is 11.1. The molecular weight excluding hydrogens is 439 g/mol. The smallest absolute Gasteiger partial charge is 0.277 e. The summed E-state index contributed by atoms with van der Waals surface area (Å²) in [7, 11) is 3.30. The van der Waals surface area contributed by atoms with Gasteiger partial charge < -0.3 is 19.2 Å². The molecule has 0 spiro atoms. The summed E-state index contributed by atoms with van der Waals surface area (Å²) < 4.78 is 30.2. The van der Waals surface area contributed by atoms with Gasteiger partial charge in [-0.25, -0.2) is 9.37 Å². The van der Waals surface area contributed by atoms with E-state index in [-0.39, 0.29) is 11.4 Å². The van der Waals surface area contributed by atoms with Gasteiger partial charge in [0.05, 0.1) is 26.5 Å². The molecule has 1 saturated heterocycles. The fourth-order valence-electron chi connectivity index (χ4n) is 3.92. The summed E-state index contributed by atoms with van der Waals surface area (Å²) >= 11 is 0. The number of oxazole rings is 1. The number of hydrogen-bond acceptors (Lipinski definition) is 7. The second-order valence-electron chi connectivity index (χ2n) is 8.34. The predicted molar refractivity (Wildman–Crippen MR) is 126 cm³/mol. The number of ether oxygens (including phenoxy) is 2. The zero-order valence-electron chi connectivity index (χ0n) is 19.6. The number of nitrogens with zero attached hydrogens (tertiary/aromatic N) is 3. The largest absolute Gasteiger partial charge is 0.497 e. The maximum absolute atomic E-state index is 13.9. The monoisotopic (exact) mass is 468 g/mol. The summed E-state index contributed by atoms with van der Waals surface area (Å²) in [5.74, 6) is 1.02. The number of amides is 1. The number of methoxy groups -OCH3 is 2. The topological polar surface area (TPSA) is 80.1 Å². The van der Waals surface area contributed by atoms with Gasteiger partial charge in [-0.05, 0) is 42.3 Å². The molecule has 0 radical (unpaired) electrons. The molecular formula is C25H29FN4O4. The van der Waals surface area contributed by atoms with Crippen molar-refractivity contribution in [3.8, 4) is 11.5 Å². The Morgan fingerprint density at radius 1 is 1.03 bits per heavy atom. The standard InChI is InChI=1S/C25H29FN4O4/c1-17-4-5-21(26)22(10-17)28-25(31)23-16-34-24(27-23)15-30-8-6-29(7-9-30)14-18-11-19(32-2)13-20(12-18)33-3/h4-5,10-13,16H,6-9,14-15H2,1-3H3,(H,28,31). The highest BCUT2D eigenvalue weighted by atomic mass is 19.1. The van der Waals surface area contributed by atoms with Crippen LogP contribution < -0.4 is 14.8 Å². The molecule has 1 aliphatic heterocycles. The Morgan fingerprint density at radius 2 is 1.68 bits per heavy atom. The van der Waals surface area contributed by atoms with Gasteiger partial charge >= 0.3 is 0 Å². The predicted octanol–water partition coefficient (Wildman–Crippen LogP) is 3.71. The fourth-order valence-corrected chi connectivity index (χ4v) is 3.92. The van der Waals surface area contributed by atoms with E-state index in [9.17, 15) is 9.18 Å². The Morgan fingerprint density at radius 3 is 2.32 bits per heavy atom. The summed E-state index contributed by atoms with van der Waals surface area (Å²) in [4.78, 5) is 21.3. The van der Waals surface area contributed by atoms with Crippen molar-refractivity contribution < 1.29 is 23.1 Å². The van der Waals surface area contributed by atoms with Gasteiger partial charge in [-0.1, -0.05) is 6.07 Å². The van der Waals surface area contributed by atoms with Gasteiger partial charge in [0, 0.05) is 38.8 Å². The van der Waals surface area contributed by atoms with Crippen LogP contribution in [-0.4, -0.2) is 61.1 Å². The van der Waals surface area contributed by atoms with E-state index in [0.717, 1.165) is 55.3 Å². The number of anilines is 1. The minimum atomic E-state index is -0.502. The number of halogens is 1. The molecule has 180 valence electrons. The fraction of sp³-hybridized carbons (Fsp3) is 0.360. The van der Waals surface area contributed by atoms with Crippen LogP contribution in [0, 0.1) is 12.7 Å². The third-order valence-corrected chi connectivity index (χ3v) is 5.80. The molecule has 0 saturated carbocycles. The Bertz CT molecular complexity index is 1120. The van der Waals surface area contributed by atoms with E-state index in [0.29, 0.717) is 12.4 Å². The number of rotatable bonds is 8. The van der Waals surface area contributed by atoms with E-state index in [1.165, 1.54) is 12.3 Å². The maximum atomic E-state index is 13.9. The molecule has 1 fully saturated rings. The molecule has 1 amide bonds. The highest BCUT2D eigenvalue weighted by Crippen LogP contribution is 2.24. The number of hydrogen-bond donors (Lipinski definition) is 1. The van der Waals surface area contributed by atoms with Gasteiger partial charge in [0.2, 0.25) is 5.89 Å². The first-order valence-corrected chi connectivity index (χ1v) is 11.1. The molecule has 8 nitrogen and oxygen atoms in total. The van der Waals surface area contributed by atoms with E-state index in [4.69, 9.17) is 13.9 Å². The summed E-state index contributed by atoms with van der Waals surface area (Å²) in [5.41, 5.74) is 2.24. The van der Waals surface area contributed by atoms with Crippen LogP contribution >= 0.6 is 0 Å². The van der Waals surface area contributed by atoms with E-state index in [1.54, 1.807) is 26.4 Å². The third-order valence-electron chi connectivity index (χ3n) is 5.80. The van der Waals surface area contributed by atoms with Crippen LogP contribution in [-0.2, 0) is 13.1 Å². The van der Waals surface area contributed by atoms with E-state index >= 15 is 0 Å². The highest BCUT2D eigenvalue weighted by molar-refractivity contribution is 6.02. The molecule has 2 aromatic carbocycles. The average Bonchev–Trinajstić information content (AvgIpc) is 3.31.